The Morgan fingerprint density at radius 1 is 1.18 bits per heavy atom. The first-order chi connectivity index (χ1) is 8.27. The minimum Gasteiger partial charge on any atom is -0.387 e. The molecule has 1 aromatic heterocycles. The van der Waals surface area contributed by atoms with E-state index in [9.17, 15) is 5.11 Å². The van der Waals surface area contributed by atoms with Gasteiger partial charge >= 0.3 is 0 Å². The van der Waals surface area contributed by atoms with Crippen molar-refractivity contribution in [2.24, 2.45) is 0 Å². The maximum Gasteiger partial charge on any atom is 0.0963 e. The number of halogens is 1. The molecule has 2 rings (SSSR count). The van der Waals surface area contributed by atoms with Gasteiger partial charge in [0.1, 0.15) is 0 Å². The maximum atomic E-state index is 9.97. The van der Waals surface area contributed by atoms with Crippen LogP contribution in [0.4, 0.5) is 5.69 Å². The van der Waals surface area contributed by atoms with Crippen molar-refractivity contribution >= 4 is 21.6 Å². The summed E-state index contributed by atoms with van der Waals surface area (Å²) in [5.41, 5.74) is 1.83. The number of hydrogen-bond donors (Lipinski definition) is 2. The predicted molar refractivity (Wildman–Crippen MR) is 71.8 cm³/mol. The van der Waals surface area contributed by atoms with E-state index in [1.165, 1.54) is 0 Å². The lowest BCUT2D eigenvalue weighted by atomic mass is 10.1. The van der Waals surface area contributed by atoms with E-state index < -0.39 is 6.10 Å². The molecular weight excluding hydrogens is 280 g/mol. The average Bonchev–Trinajstić information content (AvgIpc) is 2.38. The van der Waals surface area contributed by atoms with Crippen molar-refractivity contribution in [2.75, 3.05) is 11.9 Å². The van der Waals surface area contributed by atoms with Crippen LogP contribution in [0.3, 0.4) is 0 Å². The summed E-state index contributed by atoms with van der Waals surface area (Å²) in [5, 5.41) is 13.2. The highest BCUT2D eigenvalue weighted by Gasteiger charge is 2.07. The van der Waals surface area contributed by atoms with Gasteiger partial charge in [0, 0.05) is 29.1 Å². The van der Waals surface area contributed by atoms with Crippen molar-refractivity contribution in [3.63, 3.8) is 0 Å². The lowest BCUT2D eigenvalue weighted by Crippen LogP contribution is -2.12. The molecular formula is C13H13BrN2O. The van der Waals surface area contributed by atoms with E-state index in [2.05, 4.69) is 26.2 Å². The number of benzene rings is 1. The Labute approximate surface area is 109 Å². The number of aromatic nitrogens is 1. The quantitative estimate of drug-likeness (QED) is 0.911. The second kappa shape index (κ2) is 5.80. The van der Waals surface area contributed by atoms with Crippen molar-refractivity contribution < 1.29 is 5.11 Å². The molecule has 0 saturated heterocycles. The van der Waals surface area contributed by atoms with Gasteiger partial charge in [0.25, 0.3) is 0 Å². The SMILES string of the molecule is OC(CNc1ccccc1Br)c1ccncc1. The predicted octanol–water partition coefficient (Wildman–Crippen LogP) is 2.99. The van der Waals surface area contributed by atoms with Crippen LogP contribution in [0.5, 0.6) is 0 Å². The van der Waals surface area contributed by atoms with Crippen LogP contribution in [0.1, 0.15) is 11.7 Å². The lowest BCUT2D eigenvalue weighted by molar-refractivity contribution is 0.191. The fourth-order valence-electron chi connectivity index (χ4n) is 1.51. The molecule has 0 amide bonds. The number of pyridine rings is 1. The third-order valence-corrected chi connectivity index (χ3v) is 3.14. The standard InChI is InChI=1S/C13H13BrN2O/c14-11-3-1-2-4-12(11)16-9-13(17)10-5-7-15-8-6-10/h1-8,13,16-17H,9H2. The first-order valence-electron chi connectivity index (χ1n) is 5.34. The highest BCUT2D eigenvalue weighted by molar-refractivity contribution is 9.10. The number of rotatable bonds is 4. The second-order valence-electron chi connectivity index (χ2n) is 3.66. The fourth-order valence-corrected chi connectivity index (χ4v) is 1.94. The molecule has 1 unspecified atom stereocenters. The monoisotopic (exact) mass is 292 g/mol. The zero-order chi connectivity index (χ0) is 12.1. The molecule has 1 heterocycles. The highest BCUT2D eigenvalue weighted by Crippen LogP contribution is 2.22. The van der Waals surface area contributed by atoms with Gasteiger partial charge in [-0.2, -0.15) is 0 Å². The normalized spacial score (nSPS) is 12.1. The van der Waals surface area contributed by atoms with E-state index in [-0.39, 0.29) is 0 Å². The maximum absolute atomic E-state index is 9.97. The first-order valence-corrected chi connectivity index (χ1v) is 6.13. The van der Waals surface area contributed by atoms with E-state index >= 15 is 0 Å². The Bertz CT molecular complexity index is 476. The van der Waals surface area contributed by atoms with Crippen LogP contribution in [0.25, 0.3) is 0 Å². The highest BCUT2D eigenvalue weighted by atomic mass is 79.9. The minimum atomic E-state index is -0.537. The molecule has 1 aromatic carbocycles. The molecule has 4 heteroatoms. The van der Waals surface area contributed by atoms with Gasteiger partial charge in [-0.05, 0) is 45.8 Å². The van der Waals surface area contributed by atoms with Gasteiger partial charge < -0.3 is 10.4 Å². The largest absolute Gasteiger partial charge is 0.387 e. The van der Waals surface area contributed by atoms with E-state index in [1.54, 1.807) is 12.4 Å². The summed E-state index contributed by atoms with van der Waals surface area (Å²) in [6.07, 6.45) is 2.82. The van der Waals surface area contributed by atoms with E-state index in [0.717, 1.165) is 15.7 Å². The van der Waals surface area contributed by atoms with Gasteiger partial charge in [-0.15, -0.1) is 0 Å². The number of nitrogens with one attached hydrogen (secondary N) is 1. The van der Waals surface area contributed by atoms with E-state index in [4.69, 9.17) is 0 Å². The van der Waals surface area contributed by atoms with Crippen LogP contribution in [0, 0.1) is 0 Å². The van der Waals surface area contributed by atoms with Gasteiger partial charge in [-0.3, -0.25) is 4.98 Å². The zero-order valence-electron chi connectivity index (χ0n) is 9.18. The molecule has 1 atom stereocenters. The molecule has 2 aromatic rings. The molecule has 0 aliphatic carbocycles. The Kier molecular flexibility index (Phi) is 4.12. The lowest BCUT2D eigenvalue weighted by Gasteiger charge is -2.13. The second-order valence-corrected chi connectivity index (χ2v) is 4.51. The number of anilines is 1. The Balaban J connectivity index is 1.97. The summed E-state index contributed by atoms with van der Waals surface area (Å²) in [4.78, 5) is 3.92. The topological polar surface area (TPSA) is 45.1 Å². The summed E-state index contributed by atoms with van der Waals surface area (Å²) in [7, 11) is 0. The zero-order valence-corrected chi connectivity index (χ0v) is 10.8. The smallest absolute Gasteiger partial charge is 0.0963 e. The number of aliphatic hydroxyl groups excluding tert-OH is 1. The number of aliphatic hydroxyl groups is 1. The average molecular weight is 293 g/mol. The molecule has 2 N–H and O–H groups in total. The van der Waals surface area contributed by atoms with Gasteiger partial charge in [-0.25, -0.2) is 0 Å². The molecule has 17 heavy (non-hydrogen) atoms. The van der Waals surface area contributed by atoms with Crippen LogP contribution in [0.15, 0.2) is 53.3 Å². The van der Waals surface area contributed by atoms with E-state index in [1.807, 2.05) is 36.4 Å². The summed E-state index contributed by atoms with van der Waals surface area (Å²) >= 11 is 3.45. The summed E-state index contributed by atoms with van der Waals surface area (Å²) in [6.45, 7) is 0.465. The van der Waals surface area contributed by atoms with Gasteiger partial charge in [-0.1, -0.05) is 12.1 Å². The molecule has 0 bridgehead atoms. The molecule has 0 aliphatic rings. The summed E-state index contributed by atoms with van der Waals surface area (Å²) in [6, 6.07) is 11.4. The Hall–Kier alpha value is -1.39. The summed E-state index contributed by atoms with van der Waals surface area (Å²) in [5.74, 6) is 0. The fraction of sp³-hybridized carbons (Fsp3) is 0.154. The van der Waals surface area contributed by atoms with Crippen molar-refractivity contribution in [3.05, 3.63) is 58.8 Å². The Morgan fingerprint density at radius 3 is 2.59 bits per heavy atom. The van der Waals surface area contributed by atoms with Crippen LogP contribution >= 0.6 is 15.9 Å². The first kappa shape index (κ1) is 12.1. The number of nitrogens with zero attached hydrogens (tertiary/aromatic N) is 1. The third-order valence-electron chi connectivity index (χ3n) is 2.45. The van der Waals surface area contributed by atoms with Crippen molar-refractivity contribution in [1.29, 1.82) is 0 Å². The van der Waals surface area contributed by atoms with Gasteiger partial charge in [0.2, 0.25) is 0 Å². The van der Waals surface area contributed by atoms with Crippen LogP contribution < -0.4 is 5.32 Å². The molecule has 0 saturated carbocycles. The van der Waals surface area contributed by atoms with Crippen LogP contribution in [-0.4, -0.2) is 16.6 Å². The molecule has 3 nitrogen and oxygen atoms in total. The van der Waals surface area contributed by atoms with E-state index in [0.29, 0.717) is 6.54 Å². The Morgan fingerprint density at radius 2 is 1.88 bits per heavy atom. The molecule has 88 valence electrons. The molecule has 0 spiro atoms. The van der Waals surface area contributed by atoms with Crippen molar-refractivity contribution in [1.82, 2.24) is 4.98 Å². The van der Waals surface area contributed by atoms with Crippen LogP contribution in [-0.2, 0) is 0 Å². The van der Waals surface area contributed by atoms with Crippen LogP contribution in [0.2, 0.25) is 0 Å². The number of para-hydroxylation sites is 1. The third kappa shape index (κ3) is 3.28. The summed E-state index contributed by atoms with van der Waals surface area (Å²) < 4.78 is 0.988. The number of hydrogen-bond acceptors (Lipinski definition) is 3. The molecule has 0 aliphatic heterocycles. The molecule has 0 fully saturated rings. The van der Waals surface area contributed by atoms with Gasteiger partial charge in [0.05, 0.1) is 6.10 Å². The minimum absolute atomic E-state index is 0.465. The molecule has 0 radical (unpaired) electrons. The van der Waals surface area contributed by atoms with Crippen molar-refractivity contribution in [2.45, 2.75) is 6.10 Å². The van der Waals surface area contributed by atoms with Gasteiger partial charge in [0.15, 0.2) is 0 Å². The van der Waals surface area contributed by atoms with Crippen molar-refractivity contribution in [3.8, 4) is 0 Å².